The monoisotopic (exact) mass is 632 g/mol. The number of amides is 3. The van der Waals surface area contributed by atoms with Crippen molar-refractivity contribution < 1.29 is 32.6 Å². The topological polar surface area (TPSA) is 177 Å². The first-order chi connectivity index (χ1) is 21.2. The van der Waals surface area contributed by atoms with Gasteiger partial charge in [-0.15, -0.1) is 0 Å². The van der Waals surface area contributed by atoms with Crippen LogP contribution in [0.4, 0.5) is 26.0 Å². The van der Waals surface area contributed by atoms with Gasteiger partial charge in [0, 0.05) is 67.8 Å². The maximum atomic E-state index is 12.4. The van der Waals surface area contributed by atoms with Gasteiger partial charge in [0.05, 0.1) is 19.3 Å². The molecular weight excluding hydrogens is 598 g/mol. The van der Waals surface area contributed by atoms with Crippen LogP contribution in [0.15, 0.2) is 42.6 Å². The van der Waals surface area contributed by atoms with Crippen molar-refractivity contribution in [1.29, 1.82) is 0 Å². The number of halogens is 2. The number of hydrogen-bond acceptors (Lipinski definition) is 10. The van der Waals surface area contributed by atoms with Crippen LogP contribution in [0.2, 0.25) is 0 Å². The normalized spacial score (nSPS) is 14.5. The van der Waals surface area contributed by atoms with Crippen LogP contribution in [-0.4, -0.2) is 83.0 Å². The molecule has 1 unspecified atom stereocenters. The smallest absolute Gasteiger partial charge is 0.302 e. The molecule has 16 heteroatoms. The highest BCUT2D eigenvalue weighted by Gasteiger charge is 2.26. The number of benzene rings is 1. The molecule has 0 bridgehead atoms. The van der Waals surface area contributed by atoms with Crippen LogP contribution in [0.1, 0.15) is 36.0 Å². The third kappa shape index (κ3) is 9.28. The number of pyridine rings is 1. The summed E-state index contributed by atoms with van der Waals surface area (Å²) in [5, 5.41) is 12.7. The number of nitrogens with one attached hydrogen (secondary N) is 4. The van der Waals surface area contributed by atoms with Crippen molar-refractivity contribution in [2.45, 2.75) is 37.5 Å². The molecule has 6 N–H and O–H groups in total. The van der Waals surface area contributed by atoms with E-state index < -0.39 is 11.7 Å². The van der Waals surface area contributed by atoms with E-state index in [1.54, 1.807) is 48.4 Å². The van der Waals surface area contributed by atoms with Gasteiger partial charge in [-0.25, -0.2) is 4.98 Å². The number of likely N-dealkylation sites (tertiary alicyclic amines) is 1. The van der Waals surface area contributed by atoms with Gasteiger partial charge in [-0.05, 0) is 37.5 Å². The first-order valence-corrected chi connectivity index (χ1v) is 14.7. The van der Waals surface area contributed by atoms with Gasteiger partial charge in [-0.3, -0.25) is 19.5 Å². The minimum atomic E-state index is -2.57. The highest BCUT2D eigenvalue weighted by Crippen LogP contribution is 2.30. The number of hydrogen-bond donors (Lipinski definition) is 5. The van der Waals surface area contributed by atoms with Gasteiger partial charge < -0.3 is 35.5 Å². The molecule has 1 fully saturated rings. The van der Waals surface area contributed by atoms with E-state index in [4.69, 9.17) is 15.2 Å². The molecule has 0 spiro atoms. The van der Waals surface area contributed by atoms with E-state index in [-0.39, 0.29) is 54.2 Å². The number of anilines is 3. The van der Waals surface area contributed by atoms with E-state index in [0.717, 1.165) is 6.42 Å². The van der Waals surface area contributed by atoms with Crippen molar-refractivity contribution in [3.63, 3.8) is 0 Å². The molecule has 0 saturated carbocycles. The Hall–Kier alpha value is -4.44. The average molecular weight is 633 g/mol. The van der Waals surface area contributed by atoms with Crippen molar-refractivity contribution in [2.24, 2.45) is 5.73 Å². The Balaban J connectivity index is 1.23. The van der Waals surface area contributed by atoms with E-state index in [9.17, 15) is 23.2 Å². The Kier molecular flexibility index (Phi) is 11.7. The lowest BCUT2D eigenvalue weighted by atomic mass is 10.1. The van der Waals surface area contributed by atoms with Crippen LogP contribution in [0, 0.1) is 0 Å². The number of H-pyrrole nitrogens is 1. The molecule has 236 valence electrons. The number of nitrogens with zero attached hydrogens (tertiary/aromatic N) is 3. The van der Waals surface area contributed by atoms with Gasteiger partial charge >= 0.3 is 5.76 Å². The van der Waals surface area contributed by atoms with Crippen LogP contribution in [0.5, 0.6) is 5.88 Å². The predicted octanol–water partition coefficient (Wildman–Crippen LogP) is 3.51. The summed E-state index contributed by atoms with van der Waals surface area (Å²) in [7, 11) is 1.62. The fourth-order valence-corrected chi connectivity index (χ4v) is 4.85. The summed E-state index contributed by atoms with van der Waals surface area (Å²) in [6.45, 7) is 1.46. The predicted molar refractivity (Wildman–Crippen MR) is 162 cm³/mol. The third-order valence-electron chi connectivity index (χ3n) is 6.76. The lowest BCUT2D eigenvalue weighted by Crippen LogP contribution is -2.39. The Labute approximate surface area is 256 Å². The molecule has 1 saturated heterocycles. The summed E-state index contributed by atoms with van der Waals surface area (Å²) < 4.78 is 38.4. The first-order valence-electron chi connectivity index (χ1n) is 13.8. The molecule has 1 aliphatic rings. The molecule has 44 heavy (non-hydrogen) atoms. The lowest BCUT2D eigenvalue weighted by molar-refractivity contribution is -0.132. The molecule has 3 heterocycles. The highest BCUT2D eigenvalue weighted by molar-refractivity contribution is 8.00. The molecule has 2 aromatic heterocycles. The van der Waals surface area contributed by atoms with Gasteiger partial charge in [0.15, 0.2) is 0 Å². The molecule has 3 aromatic rings. The van der Waals surface area contributed by atoms with E-state index in [0.29, 0.717) is 61.1 Å². The van der Waals surface area contributed by atoms with Crippen molar-refractivity contribution in [3.8, 4) is 17.1 Å². The zero-order valence-electron chi connectivity index (χ0n) is 24.0. The first kappa shape index (κ1) is 32.5. The molecule has 4 rings (SSSR count). The molecule has 1 aliphatic heterocycles. The fraction of sp³-hybridized carbons (Fsp3) is 0.393. The molecule has 0 radical (unpaired) electrons. The molecule has 1 atom stereocenters. The molecule has 1 aromatic carbocycles. The number of carbonyl (C=O) groups is 3. The minimum absolute atomic E-state index is 0.0304. The number of rotatable bonds is 16. The molecule has 13 nitrogen and oxygen atoms in total. The lowest BCUT2D eigenvalue weighted by Gasteiger charge is -2.16. The summed E-state index contributed by atoms with van der Waals surface area (Å²) in [5.41, 5.74) is 7.64. The van der Waals surface area contributed by atoms with Gasteiger partial charge in [-0.2, -0.15) is 13.9 Å². The minimum Gasteiger partial charge on any atom is -0.478 e. The summed E-state index contributed by atoms with van der Waals surface area (Å²) in [5.74, 6) is -3.02. The van der Waals surface area contributed by atoms with Crippen LogP contribution in [-0.2, 0) is 14.3 Å². The third-order valence-corrected chi connectivity index (χ3v) is 7.29. The van der Waals surface area contributed by atoms with Gasteiger partial charge in [-0.1, -0.05) is 12.1 Å². The van der Waals surface area contributed by atoms with Crippen molar-refractivity contribution in [1.82, 2.24) is 25.4 Å². The Morgan fingerprint density at radius 1 is 1.18 bits per heavy atom. The summed E-state index contributed by atoms with van der Waals surface area (Å²) in [4.78, 5) is 42.6. The van der Waals surface area contributed by atoms with Crippen LogP contribution in [0.25, 0.3) is 11.3 Å². The molecular formula is C28H34F2N8O5S. The van der Waals surface area contributed by atoms with Crippen molar-refractivity contribution >= 4 is 46.9 Å². The molecule has 3 amide bonds. The zero-order valence-corrected chi connectivity index (χ0v) is 24.8. The second-order valence-electron chi connectivity index (χ2n) is 9.82. The largest absolute Gasteiger partial charge is 0.478 e. The SMILES string of the molecule is COC1CCN(C(=O)CNC(=O)CCCCOc2cc(Nc3[nH]nc(-c4ccc(NSC(F)F)cc4)c3C(N)=O)ccn2)C1. The van der Waals surface area contributed by atoms with Crippen molar-refractivity contribution in [2.75, 3.05) is 43.4 Å². The van der Waals surface area contributed by atoms with Gasteiger partial charge in [0.25, 0.3) is 5.91 Å². The van der Waals surface area contributed by atoms with Gasteiger partial charge in [0.1, 0.15) is 17.1 Å². The number of nitrogens with two attached hydrogens (primary N) is 1. The number of ether oxygens (including phenoxy) is 2. The number of unbranched alkanes of at least 4 members (excludes halogenated alkanes) is 1. The second-order valence-corrected chi connectivity index (χ2v) is 10.6. The Morgan fingerprint density at radius 3 is 2.68 bits per heavy atom. The average Bonchev–Trinajstić information content (AvgIpc) is 3.67. The Bertz CT molecular complexity index is 1430. The maximum absolute atomic E-state index is 12.4. The Morgan fingerprint density at radius 2 is 1.98 bits per heavy atom. The summed E-state index contributed by atoms with van der Waals surface area (Å²) >= 11 is 0.280. The van der Waals surface area contributed by atoms with Crippen LogP contribution in [0.3, 0.4) is 0 Å². The van der Waals surface area contributed by atoms with Crippen LogP contribution >= 0.6 is 11.9 Å². The number of aromatic amines is 1. The highest BCUT2D eigenvalue weighted by atomic mass is 32.2. The summed E-state index contributed by atoms with van der Waals surface area (Å²) in [6.07, 6.45) is 3.79. The van der Waals surface area contributed by atoms with E-state index in [2.05, 4.69) is 30.5 Å². The molecule has 0 aliphatic carbocycles. The number of aromatic nitrogens is 3. The van der Waals surface area contributed by atoms with Gasteiger partial charge in [0.2, 0.25) is 17.7 Å². The summed E-state index contributed by atoms with van der Waals surface area (Å²) in [6, 6.07) is 9.75. The standard InChI is InChI=1S/C28H34F2N8O5S/c1-42-20-10-12-38(16-20)23(40)15-33-21(39)4-2-3-13-43-22-14-19(9-11-32-22)34-27-24(26(31)41)25(35-36-27)17-5-7-18(8-6-17)37-44-28(29)30/h5-9,11,14,20,28,37H,2-4,10,12-13,15-16H2,1H3,(H2,31,41)(H,33,39)(H2,32,34,35,36). The van der Waals surface area contributed by atoms with E-state index in [1.807, 2.05) is 0 Å². The van der Waals surface area contributed by atoms with E-state index >= 15 is 0 Å². The van der Waals surface area contributed by atoms with Crippen molar-refractivity contribution in [3.05, 3.63) is 48.2 Å². The second kappa shape index (κ2) is 15.9. The quantitative estimate of drug-likeness (QED) is 0.116. The maximum Gasteiger partial charge on any atom is 0.302 e. The number of carbonyl (C=O) groups excluding carboxylic acids is 3. The number of primary amides is 1. The zero-order chi connectivity index (χ0) is 31.5. The fourth-order valence-electron chi connectivity index (χ4n) is 4.49. The number of methoxy groups -OCH3 is 1. The number of alkyl halides is 2. The van der Waals surface area contributed by atoms with E-state index in [1.165, 1.54) is 6.20 Å². The van der Waals surface area contributed by atoms with Crippen LogP contribution < -0.4 is 25.8 Å².